The zero-order valence-corrected chi connectivity index (χ0v) is 21.5. The molecular weight excluding hydrogens is 432 g/mol. The van der Waals surface area contributed by atoms with Crippen molar-refractivity contribution in [2.24, 2.45) is 11.8 Å². The first-order valence-electron chi connectivity index (χ1n) is 10.5. The monoisotopic (exact) mass is 470 g/mol. The van der Waals surface area contributed by atoms with Gasteiger partial charge in [-0.15, -0.1) is 0 Å². The van der Waals surface area contributed by atoms with Crippen LogP contribution in [0.25, 0.3) is 0 Å². The predicted molar refractivity (Wildman–Crippen MR) is 122 cm³/mol. The second-order valence-electron chi connectivity index (χ2n) is 8.20. The van der Waals surface area contributed by atoms with E-state index >= 15 is 0 Å². The second-order valence-corrected chi connectivity index (χ2v) is 14.7. The van der Waals surface area contributed by atoms with Gasteiger partial charge in [0.25, 0.3) is 5.97 Å². The molecule has 0 aliphatic carbocycles. The van der Waals surface area contributed by atoms with E-state index in [2.05, 4.69) is 45.7 Å². The largest absolute Gasteiger partial charge is 0.501 e. The summed E-state index contributed by atoms with van der Waals surface area (Å²) < 4.78 is 36.5. The van der Waals surface area contributed by atoms with Crippen LogP contribution in [0.5, 0.6) is 0 Å². The molecule has 0 aromatic rings. The quantitative estimate of drug-likeness (QED) is 0.338. The van der Waals surface area contributed by atoms with Gasteiger partial charge in [-0.2, -0.15) is 25.3 Å². The van der Waals surface area contributed by atoms with E-state index in [0.717, 1.165) is 42.9 Å². The molecule has 0 aromatic heterocycles. The first-order chi connectivity index (χ1) is 13.4. The molecule has 0 N–H and O–H groups in total. The van der Waals surface area contributed by atoms with Gasteiger partial charge in [-0.3, -0.25) is 0 Å². The summed E-state index contributed by atoms with van der Waals surface area (Å²) in [5.74, 6) is 1.28. The van der Waals surface area contributed by atoms with Gasteiger partial charge in [0.05, 0.1) is 15.4 Å². The Morgan fingerprint density at radius 2 is 1.75 bits per heavy atom. The number of hydrogen-bond donors (Lipinski definition) is 2. The van der Waals surface area contributed by atoms with Crippen molar-refractivity contribution in [1.82, 2.24) is 0 Å². The number of hydrogen-bond acceptors (Lipinski definition) is 8. The molecule has 6 nitrogen and oxygen atoms in total. The van der Waals surface area contributed by atoms with Gasteiger partial charge in [0, 0.05) is 56.6 Å². The van der Waals surface area contributed by atoms with Gasteiger partial charge < -0.3 is 27.5 Å². The maximum Gasteiger partial charge on any atom is 0.501 e. The third-order valence-electron chi connectivity index (χ3n) is 4.81. The van der Waals surface area contributed by atoms with Crippen molar-refractivity contribution in [3.05, 3.63) is 0 Å². The molecule has 0 spiro atoms. The van der Waals surface area contributed by atoms with E-state index < -0.39 is 23.6 Å². The summed E-state index contributed by atoms with van der Waals surface area (Å²) in [7, 11) is -3.52. The zero-order chi connectivity index (χ0) is 20.5. The molecule has 2 heterocycles. The van der Waals surface area contributed by atoms with Gasteiger partial charge in [0.1, 0.15) is 0 Å². The van der Waals surface area contributed by atoms with Crippen LogP contribution in [0.2, 0.25) is 12.6 Å². The molecule has 0 aromatic carbocycles. The molecule has 2 fully saturated rings. The highest BCUT2D eigenvalue weighted by atomic mass is 32.1. The summed E-state index contributed by atoms with van der Waals surface area (Å²) in [6, 6.07) is 0.817. The highest BCUT2D eigenvalue weighted by Gasteiger charge is 2.44. The van der Waals surface area contributed by atoms with Crippen molar-refractivity contribution < 1.29 is 27.5 Å². The SMILES string of the molecule is CC(COC1(CCCS)OC[SiH](C)CO1)CO[Si]1(CCCS)OCC(C)CO1. The molecule has 10 heteroatoms. The molecule has 0 radical (unpaired) electrons. The van der Waals surface area contributed by atoms with Crippen LogP contribution < -0.4 is 0 Å². The lowest BCUT2D eigenvalue weighted by Gasteiger charge is -2.39. The molecule has 1 unspecified atom stereocenters. The molecule has 2 aliphatic heterocycles. The van der Waals surface area contributed by atoms with E-state index in [1.165, 1.54) is 0 Å². The average molecular weight is 471 g/mol. The van der Waals surface area contributed by atoms with Crippen LogP contribution in [0.1, 0.15) is 33.1 Å². The Labute approximate surface area is 184 Å². The van der Waals surface area contributed by atoms with Gasteiger partial charge in [0.15, 0.2) is 0 Å². The zero-order valence-electron chi connectivity index (χ0n) is 17.6. The average Bonchev–Trinajstić information content (AvgIpc) is 2.71. The Bertz CT molecular complexity index is 383. The van der Waals surface area contributed by atoms with E-state index in [0.29, 0.717) is 38.8 Å². The minimum atomic E-state index is -2.60. The second kappa shape index (κ2) is 12.7. The number of ether oxygens (including phenoxy) is 3. The molecule has 1 atom stereocenters. The fourth-order valence-electron chi connectivity index (χ4n) is 3.03. The highest BCUT2D eigenvalue weighted by molar-refractivity contribution is 7.80. The Kier molecular flexibility index (Phi) is 11.4. The molecule has 2 aliphatic rings. The lowest BCUT2D eigenvalue weighted by Crippen LogP contribution is -2.52. The van der Waals surface area contributed by atoms with E-state index in [-0.39, 0.29) is 5.92 Å². The standard InChI is InChI=1S/C18H38O6S2Si2/c1-16(10-19-18(6-4-7-25)20-14-27(3)15-21-18)11-22-28(9-5-8-26)23-12-17(2)13-24-28/h16-17,25-27H,4-15H2,1-3H3. The topological polar surface area (TPSA) is 55.4 Å². The maximum atomic E-state index is 6.25. The molecule has 166 valence electrons. The van der Waals surface area contributed by atoms with E-state index in [4.69, 9.17) is 27.5 Å². The van der Waals surface area contributed by atoms with Crippen molar-refractivity contribution in [3.63, 3.8) is 0 Å². The molecule has 2 saturated heterocycles. The van der Waals surface area contributed by atoms with Crippen molar-refractivity contribution >= 4 is 42.9 Å². The molecular formula is C18H38O6S2Si2. The Morgan fingerprint density at radius 1 is 1.11 bits per heavy atom. The number of rotatable bonds is 12. The minimum absolute atomic E-state index is 0.184. The molecule has 0 amide bonds. The van der Waals surface area contributed by atoms with Crippen LogP contribution in [0.15, 0.2) is 0 Å². The third-order valence-corrected chi connectivity index (χ3v) is 9.70. The van der Waals surface area contributed by atoms with Crippen molar-refractivity contribution in [2.75, 3.05) is 50.4 Å². The summed E-state index contributed by atoms with van der Waals surface area (Å²) in [6.07, 6.45) is 4.11. The first-order valence-corrected chi connectivity index (χ1v) is 16.5. The molecule has 0 saturated carbocycles. The van der Waals surface area contributed by atoms with E-state index in [9.17, 15) is 0 Å². The first kappa shape index (κ1) is 25.2. The van der Waals surface area contributed by atoms with Crippen LogP contribution >= 0.6 is 25.3 Å². The fraction of sp³-hybridized carbons (Fsp3) is 1.00. The van der Waals surface area contributed by atoms with Gasteiger partial charge in [-0.1, -0.05) is 20.4 Å². The van der Waals surface area contributed by atoms with Crippen LogP contribution in [0.4, 0.5) is 0 Å². The van der Waals surface area contributed by atoms with Gasteiger partial charge >= 0.3 is 8.80 Å². The fourth-order valence-corrected chi connectivity index (χ4v) is 7.73. The lowest BCUT2D eigenvalue weighted by molar-refractivity contribution is -0.383. The Hall–Kier alpha value is 0.894. The summed E-state index contributed by atoms with van der Waals surface area (Å²) in [5.41, 5.74) is 0. The third kappa shape index (κ3) is 8.20. The number of thiol groups is 2. The summed E-state index contributed by atoms with van der Waals surface area (Å²) in [4.78, 5) is 0. The Morgan fingerprint density at radius 3 is 2.36 bits per heavy atom. The lowest BCUT2D eigenvalue weighted by atomic mass is 10.2. The molecule has 28 heavy (non-hydrogen) atoms. The van der Waals surface area contributed by atoms with Crippen LogP contribution in [0, 0.1) is 11.8 Å². The summed E-state index contributed by atoms with van der Waals surface area (Å²) in [5, 5.41) is 0. The normalized spacial score (nSPS) is 35.0. The highest BCUT2D eigenvalue weighted by Crippen LogP contribution is 2.28. The van der Waals surface area contributed by atoms with Crippen molar-refractivity contribution in [3.8, 4) is 0 Å². The van der Waals surface area contributed by atoms with Crippen LogP contribution in [-0.2, 0) is 27.5 Å². The van der Waals surface area contributed by atoms with Crippen molar-refractivity contribution in [1.29, 1.82) is 0 Å². The molecule has 2 rings (SSSR count). The van der Waals surface area contributed by atoms with E-state index in [1.54, 1.807) is 0 Å². The van der Waals surface area contributed by atoms with Gasteiger partial charge in [-0.25, -0.2) is 0 Å². The minimum Gasteiger partial charge on any atom is -0.373 e. The maximum absolute atomic E-state index is 6.25. The molecule has 0 bridgehead atoms. The summed E-state index contributed by atoms with van der Waals surface area (Å²) >= 11 is 8.64. The van der Waals surface area contributed by atoms with Gasteiger partial charge in [-0.05, 0) is 24.3 Å². The smallest absolute Gasteiger partial charge is 0.373 e. The predicted octanol–water partition coefficient (Wildman–Crippen LogP) is 2.94. The Balaban J connectivity index is 1.82. The van der Waals surface area contributed by atoms with Crippen molar-refractivity contribution in [2.45, 2.75) is 51.7 Å². The van der Waals surface area contributed by atoms with Crippen LogP contribution in [0.3, 0.4) is 0 Å². The van der Waals surface area contributed by atoms with E-state index in [1.807, 2.05) is 0 Å². The van der Waals surface area contributed by atoms with Crippen LogP contribution in [-0.4, -0.2) is 74.0 Å². The van der Waals surface area contributed by atoms with Gasteiger partial charge in [0.2, 0.25) is 0 Å². The summed E-state index contributed by atoms with van der Waals surface area (Å²) in [6.45, 7) is 8.96.